The molecule has 0 aromatic carbocycles. The number of nitrogens with one attached hydrogen (secondary N) is 1. The molecular formula is C14H15N3O2S. The molecule has 0 aliphatic heterocycles. The molecule has 1 N–H and O–H groups in total. The molecule has 5 nitrogen and oxygen atoms in total. The average Bonchev–Trinajstić information content (AvgIpc) is 3.20. The number of nitrogens with zero attached hydrogens (tertiary/aromatic N) is 2. The predicted molar refractivity (Wildman–Crippen MR) is 77.4 cm³/mol. The van der Waals surface area contributed by atoms with Gasteiger partial charge in [0.05, 0.1) is 12.3 Å². The fourth-order valence-electron chi connectivity index (χ4n) is 1.89. The number of hydrogen-bond donors (Lipinski definition) is 1. The molecule has 0 spiro atoms. The zero-order valence-corrected chi connectivity index (χ0v) is 11.9. The molecule has 0 radical (unpaired) electrons. The first kappa shape index (κ1) is 13.1. The van der Waals surface area contributed by atoms with Crippen LogP contribution in [0.25, 0.3) is 0 Å². The standard InChI is InChI=1S/C14H15N3O2S/c1-2-19-13-10(4-3-7-15-13)12(18)17-14-16-11(8-20-14)9-5-6-9/h3-4,7-9H,2,5-6H2,1H3,(H,16,17,18). The Morgan fingerprint density at radius 2 is 2.40 bits per heavy atom. The van der Waals surface area contributed by atoms with Crippen LogP contribution in [0.15, 0.2) is 23.7 Å². The van der Waals surface area contributed by atoms with E-state index in [1.165, 1.54) is 24.2 Å². The molecule has 1 fully saturated rings. The third kappa shape index (κ3) is 2.80. The van der Waals surface area contributed by atoms with Crippen molar-refractivity contribution in [2.75, 3.05) is 11.9 Å². The summed E-state index contributed by atoms with van der Waals surface area (Å²) in [6.45, 7) is 2.33. The molecule has 1 aliphatic rings. The van der Waals surface area contributed by atoms with E-state index in [-0.39, 0.29) is 5.91 Å². The first-order valence-electron chi connectivity index (χ1n) is 6.62. The lowest BCUT2D eigenvalue weighted by molar-refractivity contribution is 0.102. The number of hydrogen-bond acceptors (Lipinski definition) is 5. The van der Waals surface area contributed by atoms with E-state index in [1.54, 1.807) is 18.3 Å². The molecule has 2 aromatic rings. The smallest absolute Gasteiger partial charge is 0.262 e. The lowest BCUT2D eigenvalue weighted by Gasteiger charge is -2.07. The summed E-state index contributed by atoms with van der Waals surface area (Å²) in [6.07, 6.45) is 4.01. The van der Waals surface area contributed by atoms with Gasteiger partial charge < -0.3 is 4.74 Å². The van der Waals surface area contributed by atoms with Gasteiger partial charge in [-0.05, 0) is 31.9 Å². The number of ether oxygens (including phenoxy) is 1. The molecule has 0 unspecified atom stereocenters. The maximum atomic E-state index is 12.2. The van der Waals surface area contributed by atoms with Crippen LogP contribution in [0.2, 0.25) is 0 Å². The molecule has 1 amide bonds. The summed E-state index contributed by atoms with van der Waals surface area (Å²) in [5.74, 6) is 0.707. The van der Waals surface area contributed by atoms with Gasteiger partial charge in [0, 0.05) is 17.5 Å². The number of carbonyl (C=O) groups excluding carboxylic acids is 1. The van der Waals surface area contributed by atoms with Crippen molar-refractivity contribution in [1.29, 1.82) is 0 Å². The molecule has 104 valence electrons. The van der Waals surface area contributed by atoms with E-state index in [4.69, 9.17) is 4.74 Å². The first-order chi connectivity index (χ1) is 9.78. The lowest BCUT2D eigenvalue weighted by atomic mass is 10.2. The Balaban J connectivity index is 1.74. The Labute approximate surface area is 121 Å². The second-order valence-electron chi connectivity index (χ2n) is 4.60. The first-order valence-corrected chi connectivity index (χ1v) is 7.50. The van der Waals surface area contributed by atoms with Crippen LogP contribution in [-0.2, 0) is 0 Å². The van der Waals surface area contributed by atoms with Crippen LogP contribution in [0.1, 0.15) is 41.7 Å². The minimum absolute atomic E-state index is 0.238. The van der Waals surface area contributed by atoms with Crippen molar-refractivity contribution in [2.45, 2.75) is 25.7 Å². The molecule has 0 bridgehead atoms. The Morgan fingerprint density at radius 1 is 1.55 bits per heavy atom. The van der Waals surface area contributed by atoms with Crippen molar-refractivity contribution in [3.8, 4) is 5.88 Å². The fourth-order valence-corrected chi connectivity index (χ4v) is 2.68. The molecular weight excluding hydrogens is 274 g/mol. The SMILES string of the molecule is CCOc1ncccc1C(=O)Nc1nc(C2CC2)cs1. The van der Waals surface area contributed by atoms with Gasteiger partial charge in [-0.2, -0.15) is 0 Å². The monoisotopic (exact) mass is 289 g/mol. The summed E-state index contributed by atoms with van der Waals surface area (Å²) in [5.41, 5.74) is 1.51. The molecule has 0 atom stereocenters. The minimum Gasteiger partial charge on any atom is -0.477 e. The highest BCUT2D eigenvalue weighted by Crippen LogP contribution is 2.40. The van der Waals surface area contributed by atoms with Crippen molar-refractivity contribution in [3.63, 3.8) is 0 Å². The minimum atomic E-state index is -0.238. The highest BCUT2D eigenvalue weighted by atomic mass is 32.1. The van der Waals surface area contributed by atoms with Gasteiger partial charge in [-0.3, -0.25) is 10.1 Å². The van der Waals surface area contributed by atoms with Gasteiger partial charge in [0.1, 0.15) is 5.56 Å². The topological polar surface area (TPSA) is 64.1 Å². The highest BCUT2D eigenvalue weighted by Gasteiger charge is 2.26. The highest BCUT2D eigenvalue weighted by molar-refractivity contribution is 7.14. The lowest BCUT2D eigenvalue weighted by Crippen LogP contribution is -2.14. The number of amides is 1. The largest absolute Gasteiger partial charge is 0.477 e. The zero-order valence-electron chi connectivity index (χ0n) is 11.1. The molecule has 1 saturated carbocycles. The van der Waals surface area contributed by atoms with Gasteiger partial charge >= 0.3 is 0 Å². The third-order valence-electron chi connectivity index (χ3n) is 3.03. The van der Waals surface area contributed by atoms with Crippen LogP contribution in [0.3, 0.4) is 0 Å². The Bertz CT molecular complexity index is 622. The maximum absolute atomic E-state index is 12.2. The number of carbonyl (C=O) groups is 1. The summed E-state index contributed by atoms with van der Waals surface area (Å²) in [4.78, 5) is 20.8. The summed E-state index contributed by atoms with van der Waals surface area (Å²) >= 11 is 1.46. The van der Waals surface area contributed by atoms with Crippen LogP contribution in [-0.4, -0.2) is 22.5 Å². The van der Waals surface area contributed by atoms with Crippen molar-refractivity contribution >= 4 is 22.4 Å². The zero-order chi connectivity index (χ0) is 13.9. The van der Waals surface area contributed by atoms with E-state index in [0.29, 0.717) is 29.1 Å². The van der Waals surface area contributed by atoms with E-state index < -0.39 is 0 Å². The van der Waals surface area contributed by atoms with E-state index in [2.05, 4.69) is 15.3 Å². The third-order valence-corrected chi connectivity index (χ3v) is 3.81. The van der Waals surface area contributed by atoms with E-state index in [9.17, 15) is 4.79 Å². The predicted octanol–water partition coefficient (Wildman–Crippen LogP) is 3.07. The summed E-state index contributed by atoms with van der Waals surface area (Å²) in [7, 11) is 0. The molecule has 6 heteroatoms. The van der Waals surface area contributed by atoms with Crippen LogP contribution in [0, 0.1) is 0 Å². The van der Waals surface area contributed by atoms with Gasteiger partial charge in [0.2, 0.25) is 5.88 Å². The normalized spacial score (nSPS) is 14.1. The van der Waals surface area contributed by atoms with Gasteiger partial charge in [-0.1, -0.05) is 0 Å². The molecule has 1 aliphatic carbocycles. The van der Waals surface area contributed by atoms with Crippen LogP contribution in [0.5, 0.6) is 5.88 Å². The maximum Gasteiger partial charge on any atom is 0.262 e. The van der Waals surface area contributed by atoms with Crippen molar-refractivity contribution in [1.82, 2.24) is 9.97 Å². The fraction of sp³-hybridized carbons (Fsp3) is 0.357. The molecule has 2 heterocycles. The second kappa shape index (κ2) is 5.58. The van der Waals surface area contributed by atoms with Crippen LogP contribution >= 0.6 is 11.3 Å². The average molecular weight is 289 g/mol. The van der Waals surface area contributed by atoms with Gasteiger partial charge in [-0.25, -0.2) is 9.97 Å². The Kier molecular flexibility index (Phi) is 3.64. The van der Waals surface area contributed by atoms with Crippen molar-refractivity contribution in [2.24, 2.45) is 0 Å². The molecule has 3 rings (SSSR count). The number of rotatable bonds is 5. The Morgan fingerprint density at radius 3 is 3.15 bits per heavy atom. The van der Waals surface area contributed by atoms with Gasteiger partial charge in [0.25, 0.3) is 5.91 Å². The number of thiazole rings is 1. The Hall–Kier alpha value is -1.95. The van der Waals surface area contributed by atoms with Crippen LogP contribution in [0.4, 0.5) is 5.13 Å². The molecule has 20 heavy (non-hydrogen) atoms. The summed E-state index contributed by atoms with van der Waals surface area (Å²) in [5, 5.41) is 5.45. The molecule has 0 saturated heterocycles. The quantitative estimate of drug-likeness (QED) is 0.918. The van der Waals surface area contributed by atoms with Crippen LogP contribution < -0.4 is 10.1 Å². The van der Waals surface area contributed by atoms with E-state index in [1.807, 2.05) is 12.3 Å². The summed E-state index contributed by atoms with van der Waals surface area (Å²) < 4.78 is 5.36. The molecule has 2 aromatic heterocycles. The van der Waals surface area contributed by atoms with Gasteiger partial charge in [0.15, 0.2) is 5.13 Å². The second-order valence-corrected chi connectivity index (χ2v) is 5.45. The number of aromatic nitrogens is 2. The summed E-state index contributed by atoms with van der Waals surface area (Å²) in [6, 6.07) is 3.41. The van der Waals surface area contributed by atoms with Crippen molar-refractivity contribution in [3.05, 3.63) is 35.0 Å². The van der Waals surface area contributed by atoms with Crippen molar-refractivity contribution < 1.29 is 9.53 Å². The number of pyridine rings is 1. The van der Waals surface area contributed by atoms with E-state index >= 15 is 0 Å². The number of anilines is 1. The van der Waals surface area contributed by atoms with Gasteiger partial charge in [-0.15, -0.1) is 11.3 Å². The van der Waals surface area contributed by atoms with E-state index in [0.717, 1.165) is 5.69 Å².